The zero-order valence-electron chi connectivity index (χ0n) is 11.5. The fourth-order valence-electron chi connectivity index (χ4n) is 2.57. The number of hydrogen-bond donors (Lipinski definition) is 2. The first kappa shape index (κ1) is 14.4. The van der Waals surface area contributed by atoms with Crippen LogP contribution in [0.3, 0.4) is 0 Å². The molecule has 1 atom stereocenters. The van der Waals surface area contributed by atoms with Crippen LogP contribution in [0.15, 0.2) is 18.2 Å². The van der Waals surface area contributed by atoms with E-state index in [0.717, 1.165) is 12.8 Å². The third-order valence-electron chi connectivity index (χ3n) is 3.70. The van der Waals surface area contributed by atoms with Gasteiger partial charge in [0.25, 0.3) is 0 Å². The molecule has 0 radical (unpaired) electrons. The van der Waals surface area contributed by atoms with Crippen molar-refractivity contribution in [3.05, 3.63) is 18.2 Å². The lowest BCUT2D eigenvalue weighted by molar-refractivity contribution is 0.166. The minimum Gasteiger partial charge on any atom is -0.454 e. The Morgan fingerprint density at radius 1 is 1.33 bits per heavy atom. The molecule has 2 aliphatic heterocycles. The molecule has 1 aromatic carbocycles. The number of rotatable bonds is 4. The predicted molar refractivity (Wildman–Crippen MR) is 76.5 cm³/mol. The number of benzene rings is 1. The van der Waals surface area contributed by atoms with Crippen molar-refractivity contribution in [1.82, 2.24) is 4.31 Å². The van der Waals surface area contributed by atoms with Gasteiger partial charge in [0.15, 0.2) is 11.5 Å². The second kappa shape index (κ2) is 5.70. The molecule has 8 heteroatoms. The van der Waals surface area contributed by atoms with Crippen molar-refractivity contribution in [3.63, 3.8) is 0 Å². The Kier molecular flexibility index (Phi) is 3.92. The summed E-state index contributed by atoms with van der Waals surface area (Å²) >= 11 is 0. The molecule has 116 valence electrons. The number of piperidine rings is 1. The zero-order chi connectivity index (χ0) is 14.9. The second-order valence-corrected chi connectivity index (χ2v) is 6.89. The Morgan fingerprint density at radius 2 is 2.14 bits per heavy atom. The number of nitrogens with zero attached hydrogens (tertiary/aromatic N) is 1. The summed E-state index contributed by atoms with van der Waals surface area (Å²) in [7, 11) is -3.62. The number of nitrogens with one attached hydrogen (secondary N) is 1. The van der Waals surface area contributed by atoms with E-state index in [0.29, 0.717) is 30.3 Å². The van der Waals surface area contributed by atoms with Crippen LogP contribution in [-0.4, -0.2) is 44.3 Å². The minimum atomic E-state index is -3.62. The summed E-state index contributed by atoms with van der Waals surface area (Å²) in [5.74, 6) is 1.14. The van der Waals surface area contributed by atoms with Crippen LogP contribution in [0.5, 0.6) is 11.5 Å². The molecule has 0 spiro atoms. The summed E-state index contributed by atoms with van der Waals surface area (Å²) in [5, 5.41) is 9.20. The average molecular weight is 314 g/mol. The van der Waals surface area contributed by atoms with E-state index in [1.165, 1.54) is 4.31 Å². The quantitative estimate of drug-likeness (QED) is 0.857. The molecule has 2 aliphatic rings. The van der Waals surface area contributed by atoms with E-state index >= 15 is 0 Å². The summed E-state index contributed by atoms with van der Waals surface area (Å²) in [4.78, 5) is 0. The van der Waals surface area contributed by atoms with Gasteiger partial charge in [-0.05, 0) is 30.9 Å². The van der Waals surface area contributed by atoms with E-state index in [2.05, 4.69) is 4.72 Å². The minimum absolute atomic E-state index is 0.00655. The second-order valence-electron chi connectivity index (χ2n) is 5.22. The van der Waals surface area contributed by atoms with Crippen molar-refractivity contribution in [2.75, 3.05) is 31.2 Å². The Hall–Kier alpha value is -1.51. The first-order valence-electron chi connectivity index (χ1n) is 6.87. The molecule has 21 heavy (non-hydrogen) atoms. The van der Waals surface area contributed by atoms with Crippen molar-refractivity contribution in [2.24, 2.45) is 5.92 Å². The molecule has 0 amide bonds. The van der Waals surface area contributed by atoms with Crippen molar-refractivity contribution in [3.8, 4) is 11.5 Å². The average Bonchev–Trinajstić information content (AvgIpc) is 2.94. The van der Waals surface area contributed by atoms with Crippen LogP contribution in [0.25, 0.3) is 0 Å². The van der Waals surface area contributed by atoms with Crippen LogP contribution in [-0.2, 0) is 10.2 Å². The van der Waals surface area contributed by atoms with E-state index < -0.39 is 10.2 Å². The van der Waals surface area contributed by atoms with Gasteiger partial charge in [0.2, 0.25) is 6.79 Å². The summed E-state index contributed by atoms with van der Waals surface area (Å²) in [6, 6.07) is 4.92. The van der Waals surface area contributed by atoms with Gasteiger partial charge < -0.3 is 14.6 Å². The molecule has 0 bridgehead atoms. The van der Waals surface area contributed by atoms with Crippen LogP contribution < -0.4 is 14.2 Å². The predicted octanol–water partition coefficient (Wildman–Crippen LogP) is 0.776. The number of anilines is 1. The van der Waals surface area contributed by atoms with E-state index in [1.54, 1.807) is 18.2 Å². The number of hydrogen-bond acceptors (Lipinski definition) is 5. The van der Waals surface area contributed by atoms with Crippen LogP contribution >= 0.6 is 0 Å². The third kappa shape index (κ3) is 3.07. The highest BCUT2D eigenvalue weighted by Crippen LogP contribution is 2.34. The normalized spacial score (nSPS) is 22.2. The molecule has 0 aromatic heterocycles. The first-order chi connectivity index (χ1) is 10.1. The maximum Gasteiger partial charge on any atom is 0.301 e. The number of aliphatic hydroxyl groups is 1. The van der Waals surface area contributed by atoms with Gasteiger partial charge in [0, 0.05) is 25.8 Å². The first-order valence-corrected chi connectivity index (χ1v) is 8.31. The molecular formula is C13H18N2O5S. The van der Waals surface area contributed by atoms with Crippen molar-refractivity contribution < 1.29 is 23.0 Å². The molecule has 0 aliphatic carbocycles. The fraction of sp³-hybridized carbons (Fsp3) is 0.538. The van der Waals surface area contributed by atoms with Crippen LogP contribution in [0.1, 0.15) is 12.8 Å². The van der Waals surface area contributed by atoms with Crippen LogP contribution in [0, 0.1) is 5.92 Å². The highest BCUT2D eigenvalue weighted by atomic mass is 32.2. The van der Waals surface area contributed by atoms with E-state index in [9.17, 15) is 13.5 Å². The van der Waals surface area contributed by atoms with Gasteiger partial charge in [-0.15, -0.1) is 0 Å². The smallest absolute Gasteiger partial charge is 0.301 e. The summed E-state index contributed by atoms with van der Waals surface area (Å²) in [5.41, 5.74) is 0.436. The molecule has 1 aromatic rings. The highest BCUT2D eigenvalue weighted by molar-refractivity contribution is 7.90. The van der Waals surface area contributed by atoms with Gasteiger partial charge in [-0.2, -0.15) is 12.7 Å². The number of fused-ring (bicyclic) bond motifs is 1. The fourth-order valence-corrected chi connectivity index (χ4v) is 3.90. The zero-order valence-corrected chi connectivity index (χ0v) is 12.3. The molecule has 3 rings (SSSR count). The van der Waals surface area contributed by atoms with Gasteiger partial charge in [0.1, 0.15) is 0 Å². The van der Waals surface area contributed by atoms with Crippen molar-refractivity contribution in [2.45, 2.75) is 12.8 Å². The third-order valence-corrected chi connectivity index (χ3v) is 5.20. The Morgan fingerprint density at radius 3 is 2.95 bits per heavy atom. The molecule has 2 N–H and O–H groups in total. The molecule has 0 saturated carbocycles. The van der Waals surface area contributed by atoms with Crippen LogP contribution in [0.2, 0.25) is 0 Å². The summed E-state index contributed by atoms with van der Waals surface area (Å²) in [6.07, 6.45) is 1.61. The Bertz CT molecular complexity index is 619. The maximum absolute atomic E-state index is 12.4. The molecule has 1 unspecified atom stereocenters. The molecule has 2 heterocycles. The SMILES string of the molecule is O=S(=O)(Nc1ccc2c(c1)OCO2)N1CCCC(CO)C1. The summed E-state index contributed by atoms with van der Waals surface area (Å²) in [6.45, 7) is 0.971. The van der Waals surface area contributed by atoms with E-state index in [4.69, 9.17) is 9.47 Å². The van der Waals surface area contributed by atoms with Gasteiger partial charge in [-0.25, -0.2) is 0 Å². The molecular weight excluding hydrogens is 296 g/mol. The van der Waals surface area contributed by atoms with Gasteiger partial charge >= 0.3 is 10.2 Å². The van der Waals surface area contributed by atoms with Gasteiger partial charge in [-0.3, -0.25) is 4.72 Å². The standard InChI is InChI=1S/C13H18N2O5S/c16-8-10-2-1-5-15(7-10)21(17,18)14-11-3-4-12-13(6-11)20-9-19-12/h3-4,6,10,14,16H,1-2,5,7-9H2. The number of aliphatic hydroxyl groups excluding tert-OH is 1. The Balaban J connectivity index is 1.73. The van der Waals surface area contributed by atoms with Gasteiger partial charge in [-0.1, -0.05) is 0 Å². The topological polar surface area (TPSA) is 88.1 Å². The Labute approximate surface area is 123 Å². The van der Waals surface area contributed by atoms with E-state index in [1.807, 2.05) is 0 Å². The van der Waals surface area contributed by atoms with Crippen molar-refractivity contribution in [1.29, 1.82) is 0 Å². The molecule has 1 fully saturated rings. The molecule has 1 saturated heterocycles. The summed E-state index contributed by atoms with van der Waals surface area (Å²) < 4.78 is 39.1. The van der Waals surface area contributed by atoms with Gasteiger partial charge in [0.05, 0.1) is 5.69 Å². The van der Waals surface area contributed by atoms with E-state index in [-0.39, 0.29) is 19.3 Å². The van der Waals surface area contributed by atoms with Crippen molar-refractivity contribution >= 4 is 15.9 Å². The number of ether oxygens (including phenoxy) is 2. The monoisotopic (exact) mass is 314 g/mol. The largest absolute Gasteiger partial charge is 0.454 e. The lowest BCUT2D eigenvalue weighted by atomic mass is 10.0. The lowest BCUT2D eigenvalue weighted by Gasteiger charge is -2.31. The highest BCUT2D eigenvalue weighted by Gasteiger charge is 2.29. The molecule has 7 nitrogen and oxygen atoms in total. The maximum atomic E-state index is 12.4. The van der Waals surface area contributed by atoms with Crippen LogP contribution in [0.4, 0.5) is 5.69 Å². The lowest BCUT2D eigenvalue weighted by Crippen LogP contribution is -2.43.